The molecule has 6 heteroatoms. The van der Waals surface area contributed by atoms with E-state index in [0.717, 1.165) is 5.56 Å². The Morgan fingerprint density at radius 3 is 2.25 bits per heavy atom. The summed E-state index contributed by atoms with van der Waals surface area (Å²) >= 11 is 5.62. The van der Waals surface area contributed by atoms with Gasteiger partial charge in [-0.15, -0.1) is 0 Å². The van der Waals surface area contributed by atoms with Gasteiger partial charge in [-0.3, -0.25) is 0 Å². The van der Waals surface area contributed by atoms with Gasteiger partial charge in [0.25, 0.3) is 0 Å². The molecule has 0 aliphatic carbocycles. The first-order valence-corrected chi connectivity index (χ1v) is 4.94. The monoisotopic (exact) mass is 238 g/mol. The molecule has 0 aliphatic heterocycles. The maximum absolute atomic E-state index is 13.2. The number of rotatable bonds is 1. The quantitative estimate of drug-likeness (QED) is 0.716. The van der Waals surface area contributed by atoms with Gasteiger partial charge in [-0.05, 0) is 19.4 Å². The van der Waals surface area contributed by atoms with Crippen molar-refractivity contribution in [3.05, 3.63) is 34.6 Å². The molecule has 2 rings (SSSR count). The van der Waals surface area contributed by atoms with Crippen LogP contribution in [0.2, 0.25) is 5.15 Å². The summed E-state index contributed by atoms with van der Waals surface area (Å²) in [6, 6.07) is 0. The van der Waals surface area contributed by atoms with Gasteiger partial charge in [0.05, 0.1) is 5.69 Å². The number of aromatic nitrogens is 4. The Balaban J connectivity index is 2.52. The van der Waals surface area contributed by atoms with Crippen LogP contribution in [-0.2, 0) is 0 Å². The minimum absolute atomic E-state index is 0.180. The van der Waals surface area contributed by atoms with E-state index >= 15 is 0 Å². The molecule has 2 heterocycles. The van der Waals surface area contributed by atoms with E-state index in [9.17, 15) is 4.39 Å². The third-order valence-corrected chi connectivity index (χ3v) is 2.21. The normalized spacial score (nSPS) is 10.5. The van der Waals surface area contributed by atoms with Crippen LogP contribution in [0.1, 0.15) is 11.3 Å². The van der Waals surface area contributed by atoms with Crippen LogP contribution in [0.25, 0.3) is 11.6 Å². The van der Waals surface area contributed by atoms with Crippen molar-refractivity contribution in [2.75, 3.05) is 0 Å². The van der Waals surface area contributed by atoms with E-state index < -0.39 is 5.82 Å². The Hall–Kier alpha value is -1.62. The van der Waals surface area contributed by atoms with E-state index in [0.29, 0.717) is 5.82 Å². The van der Waals surface area contributed by atoms with Gasteiger partial charge in [0.1, 0.15) is 0 Å². The highest BCUT2D eigenvalue weighted by Crippen LogP contribution is 2.18. The van der Waals surface area contributed by atoms with Gasteiger partial charge in [0.2, 0.25) is 0 Å². The van der Waals surface area contributed by atoms with Crippen LogP contribution in [0.4, 0.5) is 4.39 Å². The summed E-state index contributed by atoms with van der Waals surface area (Å²) in [5.74, 6) is -0.0583. The molecule has 0 aliphatic rings. The van der Waals surface area contributed by atoms with E-state index in [1.807, 2.05) is 6.92 Å². The van der Waals surface area contributed by atoms with E-state index in [1.54, 1.807) is 12.4 Å². The average Bonchev–Trinajstić information content (AvgIpc) is 2.26. The molecule has 0 radical (unpaired) electrons. The number of aryl methyl sites for hydroxylation is 2. The minimum atomic E-state index is -0.613. The molecule has 16 heavy (non-hydrogen) atoms. The molecular weight excluding hydrogens is 231 g/mol. The lowest BCUT2D eigenvalue weighted by Crippen LogP contribution is -2.00. The number of hydrogen-bond acceptors (Lipinski definition) is 4. The second-order valence-electron chi connectivity index (χ2n) is 3.32. The van der Waals surface area contributed by atoms with E-state index in [-0.39, 0.29) is 16.7 Å². The molecule has 0 fully saturated rings. The Bertz CT molecular complexity index is 504. The van der Waals surface area contributed by atoms with Crippen LogP contribution in [0, 0.1) is 19.7 Å². The molecule has 82 valence electrons. The van der Waals surface area contributed by atoms with Crippen LogP contribution >= 0.6 is 11.6 Å². The van der Waals surface area contributed by atoms with Gasteiger partial charge in [-0.25, -0.2) is 24.3 Å². The fourth-order valence-electron chi connectivity index (χ4n) is 1.13. The van der Waals surface area contributed by atoms with Gasteiger partial charge < -0.3 is 0 Å². The van der Waals surface area contributed by atoms with E-state index in [1.165, 1.54) is 6.92 Å². The van der Waals surface area contributed by atoms with Crippen molar-refractivity contribution in [3.63, 3.8) is 0 Å². The van der Waals surface area contributed by atoms with Crippen LogP contribution < -0.4 is 0 Å². The molecule has 0 bridgehead atoms. The first-order valence-electron chi connectivity index (χ1n) is 4.56. The average molecular weight is 239 g/mol. The molecule has 0 spiro atoms. The largest absolute Gasteiger partial charge is 0.234 e. The molecule has 2 aromatic heterocycles. The second-order valence-corrected chi connectivity index (χ2v) is 3.68. The summed E-state index contributed by atoms with van der Waals surface area (Å²) in [7, 11) is 0. The predicted molar refractivity (Wildman–Crippen MR) is 57.5 cm³/mol. The molecule has 0 atom stereocenters. The number of hydrogen-bond donors (Lipinski definition) is 0. The van der Waals surface area contributed by atoms with Crippen LogP contribution in [0.5, 0.6) is 0 Å². The zero-order valence-corrected chi connectivity index (χ0v) is 9.46. The molecule has 0 N–H and O–H groups in total. The first-order chi connectivity index (χ1) is 7.58. The Morgan fingerprint density at radius 2 is 1.69 bits per heavy atom. The lowest BCUT2D eigenvalue weighted by molar-refractivity contribution is 0.602. The maximum Gasteiger partial charge on any atom is 0.199 e. The summed E-state index contributed by atoms with van der Waals surface area (Å²) in [5, 5.41) is -0.216. The molecular formula is C10H8ClFN4. The molecule has 0 unspecified atom stereocenters. The maximum atomic E-state index is 13.2. The molecule has 2 aromatic rings. The summed E-state index contributed by atoms with van der Waals surface area (Å²) < 4.78 is 13.2. The zero-order chi connectivity index (χ0) is 11.7. The van der Waals surface area contributed by atoms with Crippen molar-refractivity contribution < 1.29 is 4.39 Å². The lowest BCUT2D eigenvalue weighted by Gasteiger charge is -2.02. The van der Waals surface area contributed by atoms with Gasteiger partial charge in [0, 0.05) is 12.4 Å². The Labute approximate surface area is 96.6 Å². The molecule has 0 amide bonds. The summed E-state index contributed by atoms with van der Waals surface area (Å²) in [6.45, 7) is 3.38. The van der Waals surface area contributed by atoms with Crippen LogP contribution in [0.15, 0.2) is 12.4 Å². The van der Waals surface area contributed by atoms with Crippen LogP contribution in [-0.4, -0.2) is 19.9 Å². The highest BCUT2D eigenvalue weighted by Gasteiger charge is 2.12. The highest BCUT2D eigenvalue weighted by atomic mass is 35.5. The van der Waals surface area contributed by atoms with E-state index in [2.05, 4.69) is 19.9 Å². The molecule has 0 saturated heterocycles. The fraction of sp³-hybridized carbons (Fsp3) is 0.200. The van der Waals surface area contributed by atoms with Gasteiger partial charge in [-0.2, -0.15) is 0 Å². The highest BCUT2D eigenvalue weighted by molar-refractivity contribution is 6.29. The summed E-state index contributed by atoms with van der Waals surface area (Å²) in [6.07, 6.45) is 3.27. The smallest absolute Gasteiger partial charge is 0.199 e. The van der Waals surface area contributed by atoms with Crippen molar-refractivity contribution in [3.8, 4) is 11.6 Å². The minimum Gasteiger partial charge on any atom is -0.234 e. The van der Waals surface area contributed by atoms with Crippen molar-refractivity contribution in [2.24, 2.45) is 0 Å². The topological polar surface area (TPSA) is 51.6 Å². The van der Waals surface area contributed by atoms with Gasteiger partial charge in [0.15, 0.2) is 22.6 Å². The number of halogens is 2. The Morgan fingerprint density at radius 1 is 1.06 bits per heavy atom. The second kappa shape index (κ2) is 4.09. The Kier molecular flexibility index (Phi) is 2.78. The van der Waals surface area contributed by atoms with Crippen molar-refractivity contribution in [2.45, 2.75) is 13.8 Å². The number of nitrogens with zero attached hydrogens (tertiary/aromatic N) is 4. The van der Waals surface area contributed by atoms with Crippen molar-refractivity contribution in [1.82, 2.24) is 19.9 Å². The standard InChI is InChI=1S/C10H8ClFN4/c1-5-3-13-9(14-4-5)10-15-6(2)7(12)8(11)16-10/h3-4H,1-2H3. The summed E-state index contributed by atoms with van der Waals surface area (Å²) in [5.41, 5.74) is 1.10. The van der Waals surface area contributed by atoms with Crippen LogP contribution in [0.3, 0.4) is 0 Å². The molecule has 0 saturated carbocycles. The van der Waals surface area contributed by atoms with Gasteiger partial charge >= 0.3 is 0 Å². The third-order valence-electron chi connectivity index (χ3n) is 1.96. The molecule has 0 aromatic carbocycles. The SMILES string of the molecule is Cc1cnc(-c2nc(C)c(F)c(Cl)n2)nc1. The third kappa shape index (κ3) is 1.99. The fourth-order valence-corrected chi connectivity index (χ4v) is 1.35. The predicted octanol–water partition coefficient (Wildman–Crippen LogP) is 2.34. The zero-order valence-electron chi connectivity index (χ0n) is 8.70. The van der Waals surface area contributed by atoms with Crippen molar-refractivity contribution >= 4 is 11.6 Å². The molecule has 4 nitrogen and oxygen atoms in total. The first kappa shape index (κ1) is 10.9. The van der Waals surface area contributed by atoms with E-state index in [4.69, 9.17) is 11.6 Å². The lowest BCUT2D eigenvalue weighted by atomic mass is 10.4. The van der Waals surface area contributed by atoms with Gasteiger partial charge in [-0.1, -0.05) is 11.6 Å². The summed E-state index contributed by atoms with van der Waals surface area (Å²) in [4.78, 5) is 15.8. The van der Waals surface area contributed by atoms with Crippen molar-refractivity contribution in [1.29, 1.82) is 0 Å².